The third-order valence-electron chi connectivity index (χ3n) is 5.93. The van der Waals surface area contributed by atoms with Crippen LogP contribution in [0.25, 0.3) is 10.9 Å². The third-order valence-corrected chi connectivity index (χ3v) is 6.54. The van der Waals surface area contributed by atoms with Gasteiger partial charge in [-0.2, -0.15) is 11.8 Å². The molecule has 4 N–H and O–H groups in total. The summed E-state index contributed by atoms with van der Waals surface area (Å²) in [5, 5.41) is 7.40. The fourth-order valence-corrected chi connectivity index (χ4v) is 4.47. The molecule has 4 rings (SSSR count). The Kier molecular flexibility index (Phi) is 11.7. The zero-order valence-electron chi connectivity index (χ0n) is 20.4. The predicted molar refractivity (Wildman–Crippen MR) is 154 cm³/mol. The second kappa shape index (κ2) is 14.2. The largest absolute Gasteiger partial charge is 0.382 e. The number of halogens is 2. The number of aromatic nitrogens is 3. The predicted octanol–water partition coefficient (Wildman–Crippen LogP) is 4.40. The molecule has 1 fully saturated rings. The molecule has 1 aromatic carbocycles. The smallest absolute Gasteiger partial charge is 0.289 e. The van der Waals surface area contributed by atoms with E-state index < -0.39 is 0 Å². The number of carbonyl (C=O) groups excluding carboxylic acids is 1. The molecule has 194 valence electrons. The molecule has 1 saturated carbocycles. The molecule has 2 heterocycles. The minimum atomic E-state index is -0.266. The molecule has 11 heteroatoms. The molecular formula is C25H33Cl2N7OS. The first kappa shape index (κ1) is 29.6. The number of amidine groups is 1. The summed E-state index contributed by atoms with van der Waals surface area (Å²) in [5.41, 5.74) is 8.82. The second-order valence-electron chi connectivity index (χ2n) is 8.50. The van der Waals surface area contributed by atoms with Crippen molar-refractivity contribution in [1.82, 2.24) is 20.3 Å². The summed E-state index contributed by atoms with van der Waals surface area (Å²) in [6.07, 6.45) is 7.78. The van der Waals surface area contributed by atoms with Crippen LogP contribution in [0, 0.1) is 6.92 Å². The van der Waals surface area contributed by atoms with Gasteiger partial charge in [0.1, 0.15) is 17.3 Å². The van der Waals surface area contributed by atoms with Gasteiger partial charge in [0, 0.05) is 29.9 Å². The van der Waals surface area contributed by atoms with Crippen molar-refractivity contribution in [3.05, 3.63) is 59.7 Å². The van der Waals surface area contributed by atoms with Gasteiger partial charge in [-0.25, -0.2) is 9.97 Å². The van der Waals surface area contributed by atoms with Crippen LogP contribution in [0.15, 0.2) is 47.6 Å². The maximum absolute atomic E-state index is 12.7. The average molecular weight is 551 g/mol. The van der Waals surface area contributed by atoms with Crippen LogP contribution in [0.3, 0.4) is 0 Å². The van der Waals surface area contributed by atoms with Gasteiger partial charge >= 0.3 is 0 Å². The number of fused-ring (bicyclic) bond motifs is 1. The van der Waals surface area contributed by atoms with Gasteiger partial charge in [0.2, 0.25) is 5.82 Å². The Morgan fingerprint density at radius 3 is 2.72 bits per heavy atom. The first-order chi connectivity index (χ1) is 16.5. The van der Waals surface area contributed by atoms with Gasteiger partial charge in [-0.05, 0) is 50.3 Å². The topological polar surface area (TPSA) is 118 Å². The number of nitrogens with one attached hydrogen (secondary N) is 2. The molecule has 0 aliphatic heterocycles. The van der Waals surface area contributed by atoms with Crippen LogP contribution in [-0.4, -0.2) is 57.3 Å². The van der Waals surface area contributed by atoms with E-state index in [4.69, 9.17) is 10.7 Å². The molecule has 1 amide bonds. The maximum atomic E-state index is 12.7. The zero-order chi connectivity index (χ0) is 23.9. The van der Waals surface area contributed by atoms with Crippen LogP contribution in [0.1, 0.15) is 47.6 Å². The number of carbonyl (C=O) groups is 1. The number of hydrogen-bond donors (Lipinski definition) is 3. The van der Waals surface area contributed by atoms with Crippen molar-refractivity contribution in [2.45, 2.75) is 44.7 Å². The molecule has 0 radical (unpaired) electrons. The van der Waals surface area contributed by atoms with Crippen molar-refractivity contribution < 1.29 is 4.79 Å². The summed E-state index contributed by atoms with van der Waals surface area (Å²) in [7, 11) is 0. The first-order valence-electron chi connectivity index (χ1n) is 11.6. The number of amides is 1. The highest BCUT2D eigenvalue weighted by Crippen LogP contribution is 2.28. The third kappa shape index (κ3) is 7.44. The summed E-state index contributed by atoms with van der Waals surface area (Å²) in [6, 6.07) is 11.7. The number of rotatable bonds is 8. The van der Waals surface area contributed by atoms with Crippen LogP contribution >= 0.6 is 36.6 Å². The number of thioether (sulfide) groups is 1. The van der Waals surface area contributed by atoms with Crippen LogP contribution in [0.4, 0.5) is 5.82 Å². The fourth-order valence-electron chi connectivity index (χ4n) is 4.17. The molecule has 2 aromatic heterocycles. The Labute approximate surface area is 228 Å². The van der Waals surface area contributed by atoms with Crippen LogP contribution in [-0.2, 0) is 0 Å². The van der Waals surface area contributed by atoms with Crippen LogP contribution < -0.4 is 16.4 Å². The normalized spacial score (nSPS) is 17.6. The van der Waals surface area contributed by atoms with Gasteiger partial charge in [0.05, 0.1) is 11.6 Å². The van der Waals surface area contributed by atoms with Crippen molar-refractivity contribution >= 4 is 65.0 Å². The van der Waals surface area contributed by atoms with E-state index in [1.54, 1.807) is 18.0 Å². The molecule has 0 saturated heterocycles. The number of nitrogens with two attached hydrogens (primary N) is 1. The molecule has 1 aliphatic rings. The van der Waals surface area contributed by atoms with E-state index in [1.807, 2.05) is 43.5 Å². The lowest BCUT2D eigenvalue weighted by atomic mass is 9.90. The first-order valence-corrected chi connectivity index (χ1v) is 13.0. The zero-order valence-corrected chi connectivity index (χ0v) is 22.9. The highest BCUT2D eigenvalue weighted by molar-refractivity contribution is 7.98. The molecule has 0 spiro atoms. The number of hydrogen-bond acceptors (Lipinski definition) is 7. The summed E-state index contributed by atoms with van der Waals surface area (Å²) in [6.45, 7) is 2.61. The number of nitrogens with zero attached hydrogens (tertiary/aromatic N) is 4. The van der Waals surface area contributed by atoms with E-state index in [0.717, 1.165) is 47.9 Å². The van der Waals surface area contributed by atoms with Crippen molar-refractivity contribution in [2.75, 3.05) is 23.9 Å². The molecule has 36 heavy (non-hydrogen) atoms. The summed E-state index contributed by atoms with van der Waals surface area (Å²) < 4.78 is 0. The lowest BCUT2D eigenvalue weighted by Gasteiger charge is -2.30. The monoisotopic (exact) mass is 549 g/mol. The van der Waals surface area contributed by atoms with E-state index in [0.29, 0.717) is 23.9 Å². The SMILES string of the molecule is CSCCNC(=O)c1nc(N[C@H]2CCCC[C@H]2N=C(N)c2ccccn2)c2cc(C)ccc2n1.Cl.Cl. The van der Waals surface area contributed by atoms with Gasteiger partial charge in [-0.1, -0.05) is 30.5 Å². The molecule has 2 atom stereocenters. The van der Waals surface area contributed by atoms with Gasteiger partial charge in [-0.15, -0.1) is 24.8 Å². The Morgan fingerprint density at radius 1 is 1.17 bits per heavy atom. The number of pyridine rings is 1. The lowest BCUT2D eigenvalue weighted by molar-refractivity contribution is 0.0946. The van der Waals surface area contributed by atoms with Crippen molar-refractivity contribution in [3.8, 4) is 0 Å². The minimum absolute atomic E-state index is 0. The van der Waals surface area contributed by atoms with E-state index in [1.165, 1.54) is 0 Å². The van der Waals surface area contributed by atoms with Crippen molar-refractivity contribution in [2.24, 2.45) is 10.7 Å². The van der Waals surface area contributed by atoms with E-state index in [-0.39, 0.29) is 48.6 Å². The van der Waals surface area contributed by atoms with Gasteiger partial charge in [0.25, 0.3) is 5.91 Å². The van der Waals surface area contributed by atoms with E-state index in [9.17, 15) is 4.79 Å². The molecule has 1 aliphatic carbocycles. The van der Waals surface area contributed by atoms with Crippen molar-refractivity contribution in [1.29, 1.82) is 0 Å². The Bertz CT molecular complexity index is 1180. The minimum Gasteiger partial charge on any atom is -0.382 e. The Balaban J connectivity index is 0.00000228. The number of anilines is 1. The Hall–Kier alpha value is -2.62. The van der Waals surface area contributed by atoms with Crippen LogP contribution in [0.2, 0.25) is 0 Å². The van der Waals surface area contributed by atoms with Gasteiger partial charge < -0.3 is 16.4 Å². The fraction of sp³-hybridized carbons (Fsp3) is 0.400. The molecule has 0 bridgehead atoms. The maximum Gasteiger partial charge on any atom is 0.289 e. The van der Waals surface area contributed by atoms with Gasteiger partial charge in [-0.3, -0.25) is 14.8 Å². The lowest BCUT2D eigenvalue weighted by Crippen LogP contribution is -2.37. The van der Waals surface area contributed by atoms with Gasteiger partial charge in [0.15, 0.2) is 0 Å². The summed E-state index contributed by atoms with van der Waals surface area (Å²) >= 11 is 1.68. The number of aliphatic imine (C=N–C) groups is 1. The summed E-state index contributed by atoms with van der Waals surface area (Å²) in [4.78, 5) is 31.1. The quantitative estimate of drug-likeness (QED) is 0.216. The molecule has 0 unspecified atom stereocenters. The number of benzene rings is 1. The molecule has 3 aromatic rings. The number of aryl methyl sites for hydroxylation is 1. The highest BCUT2D eigenvalue weighted by atomic mass is 35.5. The van der Waals surface area contributed by atoms with E-state index >= 15 is 0 Å². The average Bonchev–Trinajstić information content (AvgIpc) is 2.86. The van der Waals surface area contributed by atoms with Crippen LogP contribution in [0.5, 0.6) is 0 Å². The second-order valence-corrected chi connectivity index (χ2v) is 9.48. The standard InChI is InChI=1S/C25H31N7OS.2ClH/c1-16-10-11-18-17(15-16)23(32-24(30-18)25(33)28-13-14-34-2)31-20-8-4-3-7-19(20)29-22(26)21-9-5-6-12-27-21;;/h5-6,9-12,15,19-20H,3-4,7-8,13-14H2,1-2H3,(H2,26,29)(H,28,33)(H,30,31,32);2*1H/t19-,20+;;/m1../s1. The van der Waals surface area contributed by atoms with Crippen molar-refractivity contribution in [3.63, 3.8) is 0 Å². The van der Waals surface area contributed by atoms with E-state index in [2.05, 4.69) is 31.7 Å². The summed E-state index contributed by atoms with van der Waals surface area (Å²) in [5.74, 6) is 1.84. The molecular weight excluding hydrogens is 517 g/mol. The molecule has 8 nitrogen and oxygen atoms in total. The Morgan fingerprint density at radius 2 is 1.97 bits per heavy atom. The highest BCUT2D eigenvalue weighted by Gasteiger charge is 2.27.